The van der Waals surface area contributed by atoms with Crippen molar-refractivity contribution in [1.29, 1.82) is 0 Å². The Bertz CT molecular complexity index is 1040. The third-order valence-corrected chi connectivity index (χ3v) is 5.22. The molecule has 4 nitrogen and oxygen atoms in total. The van der Waals surface area contributed by atoms with E-state index in [-0.39, 0.29) is 5.56 Å². The SMILES string of the molecule is NS(=O)(=O)c1c(F)cc(C2=C(c3cccc(OC(F)(F)F)c3)CCC2)cc1F. The Balaban J connectivity index is 2.07. The molecular weight excluding hydrogens is 405 g/mol. The van der Waals surface area contributed by atoms with Crippen molar-refractivity contribution in [2.75, 3.05) is 0 Å². The minimum Gasteiger partial charge on any atom is -0.406 e. The van der Waals surface area contributed by atoms with Crippen LogP contribution in [-0.2, 0) is 10.0 Å². The fourth-order valence-corrected chi connectivity index (χ4v) is 3.93. The molecule has 0 spiro atoms. The molecule has 0 atom stereocenters. The molecule has 10 heteroatoms. The zero-order chi connectivity index (χ0) is 20.7. The number of nitrogens with two attached hydrogens (primary N) is 1. The Kier molecular flexibility index (Phi) is 5.20. The van der Waals surface area contributed by atoms with Crippen molar-refractivity contribution in [2.45, 2.75) is 30.5 Å². The molecule has 150 valence electrons. The highest BCUT2D eigenvalue weighted by Crippen LogP contribution is 2.41. The van der Waals surface area contributed by atoms with E-state index >= 15 is 0 Å². The van der Waals surface area contributed by atoms with Gasteiger partial charge in [0.1, 0.15) is 17.4 Å². The van der Waals surface area contributed by atoms with Crippen LogP contribution < -0.4 is 9.88 Å². The van der Waals surface area contributed by atoms with Crippen LogP contribution in [0.4, 0.5) is 22.0 Å². The summed E-state index contributed by atoms with van der Waals surface area (Å²) in [5, 5.41) is 4.82. The third-order valence-electron chi connectivity index (χ3n) is 4.27. The first-order valence-electron chi connectivity index (χ1n) is 8.06. The van der Waals surface area contributed by atoms with Crippen LogP contribution in [0.25, 0.3) is 11.1 Å². The number of ether oxygens (including phenoxy) is 1. The van der Waals surface area contributed by atoms with Gasteiger partial charge in [-0.15, -0.1) is 13.2 Å². The average Bonchev–Trinajstić information content (AvgIpc) is 3.01. The summed E-state index contributed by atoms with van der Waals surface area (Å²) in [6.45, 7) is 0. The predicted octanol–water partition coefficient (Wildman–Crippen LogP) is 4.61. The van der Waals surface area contributed by atoms with Crippen LogP contribution >= 0.6 is 0 Å². The summed E-state index contributed by atoms with van der Waals surface area (Å²) in [4.78, 5) is -1.23. The minimum absolute atomic E-state index is 0.108. The Morgan fingerprint density at radius 3 is 2.04 bits per heavy atom. The average molecular weight is 419 g/mol. The molecule has 0 saturated carbocycles. The van der Waals surface area contributed by atoms with Crippen molar-refractivity contribution < 1.29 is 35.1 Å². The van der Waals surface area contributed by atoms with Crippen molar-refractivity contribution in [3.8, 4) is 5.75 Å². The predicted molar refractivity (Wildman–Crippen MR) is 91.5 cm³/mol. The van der Waals surface area contributed by atoms with Gasteiger partial charge >= 0.3 is 6.36 Å². The van der Waals surface area contributed by atoms with Crippen LogP contribution in [0.3, 0.4) is 0 Å². The number of sulfonamides is 1. The van der Waals surface area contributed by atoms with E-state index in [1.54, 1.807) is 6.07 Å². The van der Waals surface area contributed by atoms with Gasteiger partial charge in [-0.2, -0.15) is 0 Å². The van der Waals surface area contributed by atoms with Crippen molar-refractivity contribution in [3.05, 3.63) is 59.2 Å². The quantitative estimate of drug-likeness (QED) is 0.736. The molecule has 0 saturated heterocycles. The molecule has 0 fully saturated rings. The lowest BCUT2D eigenvalue weighted by molar-refractivity contribution is -0.274. The van der Waals surface area contributed by atoms with Gasteiger partial charge in [-0.05, 0) is 65.8 Å². The Hall–Kier alpha value is -2.46. The first kappa shape index (κ1) is 20.3. The molecule has 0 heterocycles. The number of primary sulfonamides is 1. The third kappa shape index (κ3) is 4.33. The van der Waals surface area contributed by atoms with Gasteiger partial charge in [0.15, 0.2) is 4.90 Å². The summed E-state index contributed by atoms with van der Waals surface area (Å²) in [7, 11) is -4.58. The lowest BCUT2D eigenvalue weighted by Crippen LogP contribution is -2.17. The second kappa shape index (κ2) is 7.17. The summed E-state index contributed by atoms with van der Waals surface area (Å²) in [6, 6.07) is 7.00. The highest BCUT2D eigenvalue weighted by Gasteiger charge is 2.31. The highest BCUT2D eigenvalue weighted by atomic mass is 32.2. The van der Waals surface area contributed by atoms with E-state index < -0.39 is 38.7 Å². The topological polar surface area (TPSA) is 69.4 Å². The number of benzene rings is 2. The molecule has 2 aromatic rings. The van der Waals surface area contributed by atoms with Gasteiger partial charge in [-0.1, -0.05) is 12.1 Å². The zero-order valence-electron chi connectivity index (χ0n) is 14.2. The second-order valence-electron chi connectivity index (χ2n) is 6.20. The number of alkyl halides is 3. The molecule has 28 heavy (non-hydrogen) atoms. The molecule has 1 aliphatic carbocycles. The summed E-state index contributed by atoms with van der Waals surface area (Å²) in [5.41, 5.74) is 1.65. The standard InChI is InChI=1S/C18H14F5NO3S/c19-15-8-11(9-16(20)17(15)28(24,25)26)14-6-2-5-13(14)10-3-1-4-12(7-10)27-18(21,22)23/h1,3-4,7-9H,2,5-6H2,(H2,24,25,26). The molecule has 0 amide bonds. The van der Waals surface area contributed by atoms with E-state index in [1.807, 2.05) is 0 Å². The first-order valence-corrected chi connectivity index (χ1v) is 9.61. The molecule has 1 aliphatic rings. The second-order valence-corrected chi connectivity index (χ2v) is 7.70. The van der Waals surface area contributed by atoms with Crippen molar-refractivity contribution in [3.63, 3.8) is 0 Å². The smallest absolute Gasteiger partial charge is 0.406 e. The lowest BCUT2D eigenvalue weighted by Gasteiger charge is -2.13. The van der Waals surface area contributed by atoms with E-state index in [9.17, 15) is 30.4 Å². The van der Waals surface area contributed by atoms with E-state index in [0.717, 1.165) is 18.2 Å². The van der Waals surface area contributed by atoms with E-state index in [0.29, 0.717) is 36.0 Å². The van der Waals surface area contributed by atoms with Gasteiger partial charge in [0.2, 0.25) is 10.0 Å². The van der Waals surface area contributed by atoms with Gasteiger partial charge in [-0.25, -0.2) is 22.3 Å². The minimum atomic E-state index is -4.85. The molecule has 2 aromatic carbocycles. The zero-order valence-corrected chi connectivity index (χ0v) is 15.0. The van der Waals surface area contributed by atoms with Crippen molar-refractivity contribution in [1.82, 2.24) is 0 Å². The van der Waals surface area contributed by atoms with Crippen LogP contribution in [0.2, 0.25) is 0 Å². The maximum absolute atomic E-state index is 14.2. The number of halogens is 5. The summed E-state index contributed by atoms with van der Waals surface area (Å²) >= 11 is 0. The maximum atomic E-state index is 14.2. The Morgan fingerprint density at radius 2 is 1.50 bits per heavy atom. The molecule has 0 aliphatic heterocycles. The highest BCUT2D eigenvalue weighted by molar-refractivity contribution is 7.89. The molecule has 3 rings (SSSR count). The largest absolute Gasteiger partial charge is 0.573 e. The fourth-order valence-electron chi connectivity index (χ4n) is 3.27. The normalized spacial score (nSPS) is 15.2. The van der Waals surface area contributed by atoms with E-state index in [2.05, 4.69) is 4.74 Å². The molecule has 2 N–H and O–H groups in total. The van der Waals surface area contributed by atoms with Crippen LogP contribution in [0.1, 0.15) is 30.4 Å². The lowest BCUT2D eigenvalue weighted by atomic mass is 9.97. The maximum Gasteiger partial charge on any atom is 0.573 e. The summed E-state index contributed by atoms with van der Waals surface area (Å²) in [5.74, 6) is -3.07. The number of rotatable bonds is 4. The van der Waals surface area contributed by atoms with E-state index in [1.165, 1.54) is 12.1 Å². The van der Waals surface area contributed by atoms with Gasteiger partial charge in [0.05, 0.1) is 0 Å². The summed E-state index contributed by atoms with van der Waals surface area (Å²) < 4.78 is 92.2. The fraction of sp³-hybridized carbons (Fsp3) is 0.222. The molecule has 0 aromatic heterocycles. The molecular formula is C18H14F5NO3S. The Morgan fingerprint density at radius 1 is 0.929 bits per heavy atom. The van der Waals surface area contributed by atoms with Gasteiger partial charge < -0.3 is 4.74 Å². The molecule has 0 unspecified atom stereocenters. The van der Waals surface area contributed by atoms with Crippen molar-refractivity contribution >= 4 is 21.2 Å². The van der Waals surface area contributed by atoms with Crippen LogP contribution in [0.5, 0.6) is 5.75 Å². The van der Waals surface area contributed by atoms with Crippen LogP contribution in [-0.4, -0.2) is 14.8 Å². The van der Waals surface area contributed by atoms with Gasteiger partial charge in [0, 0.05) is 0 Å². The summed E-state index contributed by atoms with van der Waals surface area (Å²) in [6.07, 6.45) is -3.32. The van der Waals surface area contributed by atoms with Gasteiger partial charge in [0.25, 0.3) is 0 Å². The number of hydrogen-bond donors (Lipinski definition) is 1. The van der Waals surface area contributed by atoms with Crippen LogP contribution in [0, 0.1) is 11.6 Å². The van der Waals surface area contributed by atoms with E-state index in [4.69, 9.17) is 5.14 Å². The monoisotopic (exact) mass is 419 g/mol. The Labute approximate surface area is 157 Å². The van der Waals surface area contributed by atoms with Crippen molar-refractivity contribution in [2.24, 2.45) is 5.14 Å². The number of allylic oxidation sites excluding steroid dienone is 2. The first-order chi connectivity index (χ1) is 13.0. The van der Waals surface area contributed by atoms with Gasteiger partial charge in [-0.3, -0.25) is 0 Å². The van der Waals surface area contributed by atoms with Crippen LogP contribution in [0.15, 0.2) is 41.3 Å². The molecule has 0 bridgehead atoms. The molecule has 0 radical (unpaired) electrons. The number of hydrogen-bond acceptors (Lipinski definition) is 3.